The smallest absolute Gasteiger partial charge is 0.344 e. The third-order valence-corrected chi connectivity index (χ3v) is 6.65. The number of amides is 1. The van der Waals surface area contributed by atoms with Crippen LogP contribution in [0.4, 0.5) is 10.5 Å². The summed E-state index contributed by atoms with van der Waals surface area (Å²) in [5, 5.41) is 4.11. The average molecular weight is 424 g/mol. The van der Waals surface area contributed by atoms with Crippen molar-refractivity contribution in [3.8, 4) is 0 Å². The predicted octanol–water partition coefficient (Wildman–Crippen LogP) is 3.56. The van der Waals surface area contributed by atoms with Crippen LogP contribution in [0.25, 0.3) is 0 Å². The van der Waals surface area contributed by atoms with Gasteiger partial charge in [0.2, 0.25) is 0 Å². The van der Waals surface area contributed by atoms with E-state index in [1.165, 1.54) is 41.3 Å². The highest BCUT2D eigenvalue weighted by Gasteiger charge is 2.30. The fraction of sp³-hybridized carbons (Fsp3) is 0.542. The fourth-order valence-corrected chi connectivity index (χ4v) is 4.82. The highest BCUT2D eigenvalue weighted by molar-refractivity contribution is 5.92. The topological polar surface area (TPSA) is 61.7 Å². The second kappa shape index (κ2) is 8.83. The Kier molecular flexibility index (Phi) is 6.14. The first-order chi connectivity index (χ1) is 14.8. The Morgan fingerprint density at radius 1 is 1.03 bits per heavy atom. The predicted molar refractivity (Wildman–Crippen MR) is 122 cm³/mol. The van der Waals surface area contributed by atoms with E-state index >= 15 is 0 Å². The monoisotopic (exact) mass is 423 g/mol. The van der Waals surface area contributed by atoms with Crippen molar-refractivity contribution in [2.75, 3.05) is 31.1 Å². The van der Waals surface area contributed by atoms with Gasteiger partial charge >= 0.3 is 6.03 Å². The molecule has 0 radical (unpaired) electrons. The first-order valence-corrected chi connectivity index (χ1v) is 11.3. The van der Waals surface area contributed by atoms with Gasteiger partial charge in [-0.25, -0.2) is 4.79 Å². The van der Waals surface area contributed by atoms with E-state index in [1.54, 1.807) is 12.3 Å². The van der Waals surface area contributed by atoms with Gasteiger partial charge < -0.3 is 9.80 Å². The van der Waals surface area contributed by atoms with E-state index in [1.807, 2.05) is 4.90 Å². The molecule has 2 atom stereocenters. The minimum Gasteiger partial charge on any atom is -0.366 e. The van der Waals surface area contributed by atoms with Gasteiger partial charge in [0.15, 0.2) is 5.78 Å². The van der Waals surface area contributed by atoms with Gasteiger partial charge in [-0.05, 0) is 56.9 Å². The fourth-order valence-electron chi connectivity index (χ4n) is 4.82. The summed E-state index contributed by atoms with van der Waals surface area (Å²) in [4.78, 5) is 31.0. The molecule has 0 aliphatic carbocycles. The number of ketones is 1. The molecule has 0 N–H and O–H groups in total. The number of benzene rings is 1. The number of rotatable bonds is 4. The second-order valence-corrected chi connectivity index (χ2v) is 9.06. The highest BCUT2D eigenvalue weighted by atomic mass is 16.2. The number of piperazine rings is 1. The van der Waals surface area contributed by atoms with Crippen LogP contribution in [0, 0.1) is 6.92 Å². The quantitative estimate of drug-likeness (QED) is 0.704. The van der Waals surface area contributed by atoms with E-state index in [0.29, 0.717) is 30.9 Å². The highest BCUT2D eigenvalue weighted by Crippen LogP contribution is 2.34. The van der Waals surface area contributed by atoms with Gasteiger partial charge in [-0.3, -0.25) is 9.69 Å². The molecule has 0 unspecified atom stereocenters. The number of Topliss-reactive ketones (excluding diaryl/α,β-unsaturated/α-hetero) is 1. The zero-order valence-corrected chi connectivity index (χ0v) is 19.0. The molecule has 166 valence electrons. The lowest BCUT2D eigenvalue weighted by molar-refractivity contribution is 0.101. The Balaban J connectivity index is 1.41. The zero-order chi connectivity index (χ0) is 22.1. The third-order valence-electron chi connectivity index (χ3n) is 6.65. The molecule has 1 aromatic carbocycles. The second-order valence-electron chi connectivity index (χ2n) is 9.06. The van der Waals surface area contributed by atoms with Crippen molar-refractivity contribution in [3.05, 3.63) is 47.3 Å². The summed E-state index contributed by atoms with van der Waals surface area (Å²) in [5.41, 5.74) is 4.35. The molecule has 31 heavy (non-hydrogen) atoms. The normalized spacial score (nSPS) is 22.2. The summed E-state index contributed by atoms with van der Waals surface area (Å²) < 4.78 is 1.28. The van der Waals surface area contributed by atoms with Crippen molar-refractivity contribution in [3.63, 3.8) is 0 Å². The molecule has 2 aliphatic rings. The number of carbonyl (C=O) groups excluding carboxylic acids is 2. The number of hydrogen-bond donors (Lipinski definition) is 0. The average Bonchev–Trinajstić information content (AvgIpc) is 3.37. The van der Waals surface area contributed by atoms with Crippen LogP contribution < -0.4 is 4.90 Å². The molecule has 1 amide bonds. The Morgan fingerprint density at radius 3 is 2.32 bits per heavy atom. The van der Waals surface area contributed by atoms with Gasteiger partial charge in [0, 0.05) is 63.6 Å². The summed E-state index contributed by atoms with van der Waals surface area (Å²) in [6.07, 6.45) is 4.06. The summed E-state index contributed by atoms with van der Waals surface area (Å²) >= 11 is 0. The molecule has 3 heterocycles. The lowest BCUT2D eigenvalue weighted by atomic mass is 10.1. The van der Waals surface area contributed by atoms with Crippen LogP contribution in [-0.4, -0.2) is 69.7 Å². The Morgan fingerprint density at radius 2 is 1.71 bits per heavy atom. The standard InChI is InChI=1S/C24H33N5O2/c1-17-5-8-21(23(15-17)29-18(2)6-7-19(29)3)16-26-11-13-27(14-12-26)24(31)28-10-9-22(25-28)20(4)30/h5,8-10,15,18-19H,6-7,11-14,16H2,1-4H3/t18-,19-/m0/s1. The van der Waals surface area contributed by atoms with E-state index < -0.39 is 0 Å². The van der Waals surface area contributed by atoms with Crippen molar-refractivity contribution >= 4 is 17.5 Å². The van der Waals surface area contributed by atoms with Crippen LogP contribution in [0.15, 0.2) is 30.5 Å². The van der Waals surface area contributed by atoms with Crippen molar-refractivity contribution in [1.82, 2.24) is 19.6 Å². The maximum Gasteiger partial charge on any atom is 0.344 e. The first-order valence-electron chi connectivity index (χ1n) is 11.3. The molecule has 7 nitrogen and oxygen atoms in total. The minimum absolute atomic E-state index is 0.132. The number of anilines is 1. The molecule has 1 aromatic heterocycles. The number of nitrogens with zero attached hydrogens (tertiary/aromatic N) is 5. The molecule has 4 rings (SSSR count). The lowest BCUT2D eigenvalue weighted by Crippen LogP contribution is -2.49. The van der Waals surface area contributed by atoms with Crippen LogP contribution in [0.5, 0.6) is 0 Å². The van der Waals surface area contributed by atoms with E-state index in [-0.39, 0.29) is 11.8 Å². The third kappa shape index (κ3) is 4.51. The van der Waals surface area contributed by atoms with Crippen molar-refractivity contribution in [2.24, 2.45) is 0 Å². The number of carbonyl (C=O) groups is 2. The van der Waals surface area contributed by atoms with Crippen molar-refractivity contribution < 1.29 is 9.59 Å². The lowest BCUT2D eigenvalue weighted by Gasteiger charge is -2.36. The molecule has 2 fully saturated rings. The van der Waals surface area contributed by atoms with E-state index in [4.69, 9.17) is 0 Å². The van der Waals surface area contributed by atoms with Crippen LogP contribution in [0.1, 0.15) is 55.2 Å². The van der Waals surface area contributed by atoms with Gasteiger partial charge in [0.1, 0.15) is 5.69 Å². The van der Waals surface area contributed by atoms with Crippen LogP contribution in [0.2, 0.25) is 0 Å². The Labute approximate surface area is 184 Å². The van der Waals surface area contributed by atoms with Crippen molar-refractivity contribution in [1.29, 1.82) is 0 Å². The van der Waals surface area contributed by atoms with Gasteiger partial charge in [-0.1, -0.05) is 12.1 Å². The maximum atomic E-state index is 12.7. The maximum absolute atomic E-state index is 12.7. The summed E-state index contributed by atoms with van der Waals surface area (Å²) in [6.45, 7) is 12.1. The molecular formula is C24H33N5O2. The molecule has 0 bridgehead atoms. The van der Waals surface area contributed by atoms with Gasteiger partial charge in [-0.2, -0.15) is 9.78 Å². The largest absolute Gasteiger partial charge is 0.366 e. The number of hydrogen-bond acceptors (Lipinski definition) is 5. The van der Waals surface area contributed by atoms with E-state index in [9.17, 15) is 9.59 Å². The van der Waals surface area contributed by atoms with Crippen molar-refractivity contribution in [2.45, 2.75) is 59.2 Å². The van der Waals surface area contributed by atoms with E-state index in [2.05, 4.69) is 53.9 Å². The van der Waals surface area contributed by atoms with Gasteiger partial charge in [-0.15, -0.1) is 0 Å². The minimum atomic E-state index is -0.164. The molecule has 7 heteroatoms. The van der Waals surface area contributed by atoms with E-state index in [0.717, 1.165) is 19.6 Å². The molecule has 2 saturated heterocycles. The SMILES string of the molecule is CC(=O)c1ccn(C(=O)N2CCN(Cc3ccc(C)cc3N3[C@@H](C)CC[C@@H]3C)CC2)n1. The molecule has 0 spiro atoms. The van der Waals surface area contributed by atoms with Gasteiger partial charge in [0.05, 0.1) is 0 Å². The first kappa shape index (κ1) is 21.6. The van der Waals surface area contributed by atoms with Crippen LogP contribution >= 0.6 is 0 Å². The molecular weight excluding hydrogens is 390 g/mol. The summed E-state index contributed by atoms with van der Waals surface area (Å²) in [6, 6.07) is 9.37. The molecule has 2 aromatic rings. The molecule has 0 saturated carbocycles. The zero-order valence-electron chi connectivity index (χ0n) is 19.0. The van der Waals surface area contributed by atoms with Crippen LogP contribution in [-0.2, 0) is 6.54 Å². The Bertz CT molecular complexity index is 951. The van der Waals surface area contributed by atoms with Gasteiger partial charge in [0.25, 0.3) is 0 Å². The Hall–Kier alpha value is -2.67. The summed E-state index contributed by atoms with van der Waals surface area (Å²) in [7, 11) is 0. The van der Waals surface area contributed by atoms with Crippen LogP contribution in [0.3, 0.4) is 0 Å². The number of aromatic nitrogens is 2. The summed E-state index contributed by atoms with van der Waals surface area (Å²) in [5.74, 6) is -0.132. The number of aryl methyl sites for hydroxylation is 1. The molecule has 2 aliphatic heterocycles.